The predicted octanol–water partition coefficient (Wildman–Crippen LogP) is 5.40. The molecule has 27 heavy (non-hydrogen) atoms. The maximum absolute atomic E-state index is 5.70. The van der Waals surface area contributed by atoms with E-state index in [1.807, 2.05) is 73.4 Å². The van der Waals surface area contributed by atoms with Gasteiger partial charge in [-0.3, -0.25) is 9.67 Å². The molecule has 0 saturated carbocycles. The summed E-state index contributed by atoms with van der Waals surface area (Å²) in [5.74, 6) is 0.957. The number of hydrogen-bond donors (Lipinski definition) is 0. The number of rotatable bonds is 10. The SMILES string of the molecule is CC.c1ccc(OCCCCCCCn2cc(-c3cccnc3)nn2)cc1. The summed E-state index contributed by atoms with van der Waals surface area (Å²) < 4.78 is 7.62. The molecule has 0 aliphatic carbocycles. The van der Waals surface area contributed by atoms with Crippen LogP contribution in [0.2, 0.25) is 0 Å². The number of unbranched alkanes of at least 4 members (excludes halogenated alkanes) is 4. The van der Waals surface area contributed by atoms with Gasteiger partial charge in [0, 0.05) is 24.5 Å². The van der Waals surface area contributed by atoms with Crippen molar-refractivity contribution in [1.29, 1.82) is 0 Å². The van der Waals surface area contributed by atoms with Crippen LogP contribution in [-0.4, -0.2) is 26.6 Å². The van der Waals surface area contributed by atoms with E-state index in [4.69, 9.17) is 4.74 Å². The van der Waals surface area contributed by atoms with E-state index in [1.165, 1.54) is 19.3 Å². The molecule has 5 heteroatoms. The molecule has 5 nitrogen and oxygen atoms in total. The molecule has 2 aromatic heterocycles. The second-order valence-corrected chi connectivity index (χ2v) is 6.04. The topological polar surface area (TPSA) is 52.8 Å². The summed E-state index contributed by atoms with van der Waals surface area (Å²) in [7, 11) is 0. The van der Waals surface area contributed by atoms with Crippen LogP contribution < -0.4 is 4.74 Å². The van der Waals surface area contributed by atoms with Gasteiger partial charge >= 0.3 is 0 Å². The normalized spacial score (nSPS) is 10.1. The molecule has 0 radical (unpaired) electrons. The Morgan fingerprint density at radius 3 is 2.44 bits per heavy atom. The summed E-state index contributed by atoms with van der Waals surface area (Å²) in [5.41, 5.74) is 1.89. The molecule has 0 unspecified atom stereocenters. The van der Waals surface area contributed by atoms with E-state index in [0.29, 0.717) is 0 Å². The van der Waals surface area contributed by atoms with Crippen molar-refractivity contribution >= 4 is 0 Å². The molecule has 0 spiro atoms. The monoisotopic (exact) mass is 366 g/mol. The van der Waals surface area contributed by atoms with Crippen LogP contribution in [0, 0.1) is 0 Å². The van der Waals surface area contributed by atoms with E-state index in [-0.39, 0.29) is 0 Å². The van der Waals surface area contributed by atoms with E-state index in [1.54, 1.807) is 6.20 Å². The fraction of sp³-hybridized carbons (Fsp3) is 0.409. The number of aromatic nitrogens is 4. The molecular formula is C22H30N4O. The van der Waals surface area contributed by atoms with Crippen LogP contribution in [-0.2, 0) is 6.54 Å². The average Bonchev–Trinajstić information content (AvgIpc) is 3.22. The number of nitrogens with zero attached hydrogens (tertiary/aromatic N) is 4. The molecule has 1 aromatic carbocycles. The van der Waals surface area contributed by atoms with Crippen LogP contribution >= 0.6 is 0 Å². The second-order valence-electron chi connectivity index (χ2n) is 6.04. The molecule has 0 N–H and O–H groups in total. The maximum atomic E-state index is 5.70. The highest BCUT2D eigenvalue weighted by Gasteiger charge is 2.03. The first-order valence-electron chi connectivity index (χ1n) is 9.90. The summed E-state index contributed by atoms with van der Waals surface area (Å²) in [4.78, 5) is 4.11. The smallest absolute Gasteiger partial charge is 0.119 e. The molecule has 0 bridgehead atoms. The van der Waals surface area contributed by atoms with Gasteiger partial charge in [0.25, 0.3) is 0 Å². The largest absolute Gasteiger partial charge is 0.494 e. The van der Waals surface area contributed by atoms with E-state index in [2.05, 4.69) is 15.3 Å². The third kappa shape index (κ3) is 7.60. The van der Waals surface area contributed by atoms with Crippen molar-refractivity contribution in [2.45, 2.75) is 52.5 Å². The van der Waals surface area contributed by atoms with E-state index in [9.17, 15) is 0 Å². The third-order valence-corrected chi connectivity index (χ3v) is 4.04. The maximum Gasteiger partial charge on any atom is 0.119 e. The zero-order valence-corrected chi connectivity index (χ0v) is 16.4. The Morgan fingerprint density at radius 2 is 1.67 bits per heavy atom. The summed E-state index contributed by atoms with van der Waals surface area (Å²) in [5, 5.41) is 8.40. The lowest BCUT2D eigenvalue weighted by atomic mass is 10.1. The molecular weight excluding hydrogens is 336 g/mol. The molecule has 0 fully saturated rings. The number of pyridine rings is 1. The number of aryl methyl sites for hydroxylation is 1. The zero-order chi connectivity index (χ0) is 19.2. The highest BCUT2D eigenvalue weighted by Crippen LogP contribution is 2.14. The summed E-state index contributed by atoms with van der Waals surface area (Å²) in [6.45, 7) is 5.70. The molecule has 0 amide bonds. The minimum atomic E-state index is 0.793. The van der Waals surface area contributed by atoms with Gasteiger partial charge in [-0.05, 0) is 37.1 Å². The highest BCUT2D eigenvalue weighted by atomic mass is 16.5. The lowest BCUT2D eigenvalue weighted by molar-refractivity contribution is 0.304. The summed E-state index contributed by atoms with van der Waals surface area (Å²) in [6.07, 6.45) is 11.4. The molecule has 0 aliphatic rings. The van der Waals surface area contributed by atoms with Crippen molar-refractivity contribution in [2.75, 3.05) is 6.61 Å². The zero-order valence-electron chi connectivity index (χ0n) is 16.4. The Labute approximate surface area is 162 Å². The fourth-order valence-corrected chi connectivity index (χ4v) is 2.67. The Bertz CT molecular complexity index is 728. The second kappa shape index (κ2) is 12.6. The Morgan fingerprint density at radius 1 is 0.889 bits per heavy atom. The van der Waals surface area contributed by atoms with Gasteiger partial charge in [0.05, 0.1) is 12.8 Å². The van der Waals surface area contributed by atoms with Crippen molar-refractivity contribution in [2.24, 2.45) is 0 Å². The molecule has 0 aliphatic heterocycles. The first-order valence-corrected chi connectivity index (χ1v) is 9.90. The average molecular weight is 367 g/mol. The number of ether oxygens (including phenoxy) is 1. The van der Waals surface area contributed by atoms with Crippen LogP contribution in [0.1, 0.15) is 46.0 Å². The summed E-state index contributed by atoms with van der Waals surface area (Å²) >= 11 is 0. The minimum absolute atomic E-state index is 0.793. The highest BCUT2D eigenvalue weighted by molar-refractivity contribution is 5.55. The number of hydrogen-bond acceptors (Lipinski definition) is 4. The molecule has 0 atom stereocenters. The lowest BCUT2D eigenvalue weighted by Gasteiger charge is -2.05. The van der Waals surface area contributed by atoms with E-state index >= 15 is 0 Å². The molecule has 3 aromatic rings. The van der Waals surface area contributed by atoms with Crippen LogP contribution in [0.15, 0.2) is 61.1 Å². The first kappa shape index (κ1) is 20.6. The van der Waals surface area contributed by atoms with E-state index in [0.717, 1.165) is 43.0 Å². The molecule has 144 valence electrons. The number of benzene rings is 1. The fourth-order valence-electron chi connectivity index (χ4n) is 2.67. The van der Waals surface area contributed by atoms with E-state index < -0.39 is 0 Å². The first-order chi connectivity index (χ1) is 13.4. The molecule has 0 saturated heterocycles. The summed E-state index contributed by atoms with van der Waals surface area (Å²) in [6, 6.07) is 13.9. The standard InChI is InChI=1S/C20H24N4O.C2H6/c1(3-8-15-25-19-11-5-4-6-12-19)2-7-14-24-17-20(22-23-24)18-10-9-13-21-16-18;1-2/h4-6,9-13,16-17H,1-3,7-8,14-15H2;1-2H3. The quantitative estimate of drug-likeness (QED) is 0.451. The van der Waals surface area contributed by atoms with Gasteiger partial charge in [-0.1, -0.05) is 56.5 Å². The number of para-hydroxylation sites is 1. The van der Waals surface area contributed by atoms with Gasteiger partial charge in [0.1, 0.15) is 11.4 Å². The van der Waals surface area contributed by atoms with Gasteiger partial charge < -0.3 is 4.74 Å². The van der Waals surface area contributed by atoms with Crippen LogP contribution in [0.3, 0.4) is 0 Å². The van der Waals surface area contributed by atoms with Crippen molar-refractivity contribution in [3.05, 3.63) is 61.1 Å². The van der Waals surface area contributed by atoms with Crippen molar-refractivity contribution in [3.8, 4) is 17.0 Å². The van der Waals surface area contributed by atoms with Gasteiger partial charge in [-0.25, -0.2) is 0 Å². The molecule has 3 rings (SSSR count). The van der Waals surface area contributed by atoms with Crippen molar-refractivity contribution in [3.63, 3.8) is 0 Å². The van der Waals surface area contributed by atoms with Crippen molar-refractivity contribution < 1.29 is 4.74 Å². The Kier molecular flexibility index (Phi) is 9.64. The van der Waals surface area contributed by atoms with Gasteiger partial charge in [-0.2, -0.15) is 0 Å². The third-order valence-electron chi connectivity index (χ3n) is 4.04. The van der Waals surface area contributed by atoms with Gasteiger partial charge in [0.2, 0.25) is 0 Å². The molecule has 2 heterocycles. The Balaban J connectivity index is 0.00000126. The Hall–Kier alpha value is -2.69. The lowest BCUT2D eigenvalue weighted by Crippen LogP contribution is -1.99. The predicted molar refractivity (Wildman–Crippen MR) is 110 cm³/mol. The van der Waals surface area contributed by atoms with Crippen molar-refractivity contribution in [1.82, 2.24) is 20.0 Å². The van der Waals surface area contributed by atoms with Crippen LogP contribution in [0.4, 0.5) is 0 Å². The minimum Gasteiger partial charge on any atom is -0.494 e. The van der Waals surface area contributed by atoms with Gasteiger partial charge in [0.15, 0.2) is 0 Å². The van der Waals surface area contributed by atoms with Crippen LogP contribution in [0.5, 0.6) is 5.75 Å². The van der Waals surface area contributed by atoms with Gasteiger partial charge in [-0.15, -0.1) is 5.10 Å². The van der Waals surface area contributed by atoms with Crippen LogP contribution in [0.25, 0.3) is 11.3 Å².